The summed E-state index contributed by atoms with van der Waals surface area (Å²) < 4.78 is 1.78. The van der Waals surface area contributed by atoms with Gasteiger partial charge in [0.2, 0.25) is 0 Å². The Kier molecular flexibility index (Phi) is 4.84. The lowest BCUT2D eigenvalue weighted by Gasteiger charge is -2.26. The molecule has 0 atom stereocenters. The van der Waals surface area contributed by atoms with Crippen LogP contribution in [0, 0.1) is 0 Å². The number of aromatic nitrogens is 3. The number of carbonyl (C=O) groups is 1. The van der Waals surface area contributed by atoms with Crippen LogP contribution in [0.15, 0.2) is 36.9 Å². The van der Waals surface area contributed by atoms with Gasteiger partial charge in [0.1, 0.15) is 17.8 Å². The van der Waals surface area contributed by atoms with E-state index in [9.17, 15) is 4.79 Å². The number of hydrogen-bond donors (Lipinski definition) is 2. The van der Waals surface area contributed by atoms with Crippen molar-refractivity contribution < 1.29 is 11.3 Å². The summed E-state index contributed by atoms with van der Waals surface area (Å²) in [7, 11) is 1.00. The Morgan fingerprint density at radius 3 is 2.85 bits per heavy atom. The van der Waals surface area contributed by atoms with E-state index in [0.717, 1.165) is 20.0 Å². The molecule has 20 heavy (non-hydrogen) atoms. The molecule has 1 amide bonds. The molecule has 2 aromatic heterocycles. The molecule has 0 radical (unpaired) electrons. The van der Waals surface area contributed by atoms with Crippen molar-refractivity contribution in [1.82, 2.24) is 19.9 Å². The molecule has 2 heterocycles. The Bertz CT molecular complexity index is 556. The van der Waals surface area contributed by atoms with Crippen LogP contribution in [-0.4, -0.2) is 38.7 Å². The van der Waals surface area contributed by atoms with Crippen LogP contribution >= 0.6 is 0 Å². The SMILES string of the molecule is CO.O=C(NC1CCC1)c1cccc(-n2ccnc2)n1.[HH]. The van der Waals surface area contributed by atoms with Gasteiger partial charge in [0, 0.05) is 27.0 Å². The number of rotatable bonds is 3. The largest absolute Gasteiger partial charge is 0.400 e. The Morgan fingerprint density at radius 2 is 2.25 bits per heavy atom. The van der Waals surface area contributed by atoms with Crippen molar-refractivity contribution in [3.05, 3.63) is 42.6 Å². The van der Waals surface area contributed by atoms with Crippen LogP contribution in [0.1, 0.15) is 31.2 Å². The minimum atomic E-state index is -0.0957. The number of imidazole rings is 1. The summed E-state index contributed by atoms with van der Waals surface area (Å²) in [4.78, 5) is 20.3. The highest BCUT2D eigenvalue weighted by molar-refractivity contribution is 5.92. The van der Waals surface area contributed by atoms with Gasteiger partial charge < -0.3 is 10.4 Å². The first-order valence-corrected chi connectivity index (χ1v) is 6.54. The summed E-state index contributed by atoms with van der Waals surface area (Å²) >= 11 is 0. The van der Waals surface area contributed by atoms with Gasteiger partial charge in [-0.1, -0.05) is 6.07 Å². The quantitative estimate of drug-likeness (QED) is 0.888. The van der Waals surface area contributed by atoms with Gasteiger partial charge in [-0.15, -0.1) is 0 Å². The molecule has 0 saturated heterocycles. The maximum Gasteiger partial charge on any atom is 0.270 e. The summed E-state index contributed by atoms with van der Waals surface area (Å²) in [5, 5.41) is 9.98. The highest BCUT2D eigenvalue weighted by atomic mass is 16.2. The Labute approximate surface area is 119 Å². The third-order valence-corrected chi connectivity index (χ3v) is 3.18. The van der Waals surface area contributed by atoms with Crippen LogP contribution < -0.4 is 5.32 Å². The molecule has 108 valence electrons. The van der Waals surface area contributed by atoms with Crippen LogP contribution in [0.2, 0.25) is 0 Å². The predicted octanol–water partition coefficient (Wildman–Crippen LogP) is 1.40. The fourth-order valence-corrected chi connectivity index (χ4v) is 1.90. The molecule has 1 fully saturated rings. The van der Waals surface area contributed by atoms with E-state index in [0.29, 0.717) is 17.6 Å². The zero-order valence-electron chi connectivity index (χ0n) is 11.4. The summed E-state index contributed by atoms with van der Waals surface area (Å²) in [6, 6.07) is 5.74. The van der Waals surface area contributed by atoms with Crippen molar-refractivity contribution in [3.8, 4) is 5.82 Å². The maximum absolute atomic E-state index is 12.0. The third-order valence-electron chi connectivity index (χ3n) is 3.18. The number of pyridine rings is 1. The average molecular weight is 276 g/mol. The average Bonchev–Trinajstić information content (AvgIpc) is 2.99. The second-order valence-corrected chi connectivity index (χ2v) is 4.45. The molecule has 0 spiro atoms. The Morgan fingerprint density at radius 1 is 1.45 bits per heavy atom. The molecular weight excluding hydrogens is 256 g/mol. The molecule has 0 bridgehead atoms. The van der Waals surface area contributed by atoms with E-state index in [1.54, 1.807) is 29.4 Å². The van der Waals surface area contributed by atoms with E-state index in [1.807, 2.05) is 12.1 Å². The number of amides is 1. The molecule has 1 aliphatic rings. The fourth-order valence-electron chi connectivity index (χ4n) is 1.90. The zero-order valence-corrected chi connectivity index (χ0v) is 11.4. The molecular formula is C14H20N4O2. The van der Waals surface area contributed by atoms with Gasteiger partial charge >= 0.3 is 0 Å². The Hall–Kier alpha value is -2.21. The molecule has 6 heteroatoms. The number of nitrogens with zero attached hydrogens (tertiary/aromatic N) is 3. The van der Waals surface area contributed by atoms with Crippen LogP contribution in [0.25, 0.3) is 5.82 Å². The van der Waals surface area contributed by atoms with Gasteiger partial charge in [-0.05, 0) is 31.4 Å². The van der Waals surface area contributed by atoms with E-state index in [1.165, 1.54) is 6.42 Å². The number of nitrogens with one attached hydrogen (secondary N) is 1. The van der Waals surface area contributed by atoms with E-state index in [4.69, 9.17) is 5.11 Å². The predicted molar refractivity (Wildman–Crippen MR) is 76.7 cm³/mol. The van der Waals surface area contributed by atoms with Crippen LogP contribution in [-0.2, 0) is 0 Å². The van der Waals surface area contributed by atoms with Gasteiger partial charge in [-0.2, -0.15) is 0 Å². The van der Waals surface area contributed by atoms with Gasteiger partial charge in [0.15, 0.2) is 0 Å². The highest BCUT2D eigenvalue weighted by Gasteiger charge is 2.20. The number of aliphatic hydroxyl groups excluding tert-OH is 1. The molecule has 1 saturated carbocycles. The standard InChI is InChI=1S/C13H14N4O.CH4O.H2/c18-13(15-10-3-1-4-10)11-5-2-6-12(16-11)17-8-7-14-9-17;1-2;/h2,5-10H,1,3-4H2,(H,15,18);2H,1H3;1H. The van der Waals surface area contributed by atoms with Crippen molar-refractivity contribution >= 4 is 5.91 Å². The summed E-state index contributed by atoms with van der Waals surface area (Å²) in [5.74, 6) is 0.607. The van der Waals surface area contributed by atoms with E-state index < -0.39 is 0 Å². The minimum Gasteiger partial charge on any atom is -0.400 e. The van der Waals surface area contributed by atoms with Gasteiger partial charge in [0.05, 0.1) is 0 Å². The zero-order chi connectivity index (χ0) is 14.4. The molecule has 6 nitrogen and oxygen atoms in total. The smallest absolute Gasteiger partial charge is 0.270 e. The van der Waals surface area contributed by atoms with Crippen LogP contribution in [0.4, 0.5) is 0 Å². The normalized spacial score (nSPS) is 13.9. The Balaban J connectivity index is 0.000000706. The summed E-state index contributed by atoms with van der Waals surface area (Å²) in [5.41, 5.74) is 0.452. The number of hydrogen-bond acceptors (Lipinski definition) is 4. The second kappa shape index (κ2) is 6.81. The van der Waals surface area contributed by atoms with E-state index in [2.05, 4.69) is 15.3 Å². The monoisotopic (exact) mass is 276 g/mol. The molecule has 0 unspecified atom stereocenters. The molecule has 3 rings (SSSR count). The summed E-state index contributed by atoms with van der Waals surface area (Å²) in [6.45, 7) is 0. The number of carbonyl (C=O) groups excluding carboxylic acids is 1. The molecule has 0 aliphatic heterocycles. The first kappa shape index (κ1) is 14.2. The lowest BCUT2D eigenvalue weighted by atomic mass is 9.93. The van der Waals surface area contributed by atoms with Crippen molar-refractivity contribution in [3.63, 3.8) is 0 Å². The van der Waals surface area contributed by atoms with Gasteiger partial charge in [-0.25, -0.2) is 9.97 Å². The minimum absolute atomic E-state index is 0. The first-order chi connectivity index (χ1) is 9.83. The lowest BCUT2D eigenvalue weighted by Crippen LogP contribution is -2.39. The van der Waals surface area contributed by atoms with Gasteiger partial charge in [0.25, 0.3) is 5.91 Å². The van der Waals surface area contributed by atoms with E-state index in [-0.39, 0.29) is 7.33 Å². The number of aliphatic hydroxyl groups is 1. The van der Waals surface area contributed by atoms with Crippen molar-refractivity contribution in [1.29, 1.82) is 0 Å². The topological polar surface area (TPSA) is 80.0 Å². The molecule has 2 N–H and O–H groups in total. The molecule has 1 aliphatic carbocycles. The third kappa shape index (κ3) is 3.21. The van der Waals surface area contributed by atoms with Gasteiger partial charge in [-0.3, -0.25) is 9.36 Å². The second-order valence-electron chi connectivity index (χ2n) is 4.45. The van der Waals surface area contributed by atoms with Crippen molar-refractivity contribution in [2.24, 2.45) is 0 Å². The fraction of sp³-hybridized carbons (Fsp3) is 0.357. The van der Waals surface area contributed by atoms with E-state index >= 15 is 0 Å². The molecule has 0 aromatic carbocycles. The van der Waals surface area contributed by atoms with Crippen LogP contribution in [0.3, 0.4) is 0 Å². The maximum atomic E-state index is 12.0. The van der Waals surface area contributed by atoms with Crippen molar-refractivity contribution in [2.45, 2.75) is 25.3 Å². The lowest BCUT2D eigenvalue weighted by molar-refractivity contribution is 0.0912. The molecule has 2 aromatic rings. The summed E-state index contributed by atoms with van der Waals surface area (Å²) in [6.07, 6.45) is 8.50. The first-order valence-electron chi connectivity index (χ1n) is 6.54. The highest BCUT2D eigenvalue weighted by Crippen LogP contribution is 2.18. The van der Waals surface area contributed by atoms with Crippen LogP contribution in [0.5, 0.6) is 0 Å². The van der Waals surface area contributed by atoms with Crippen molar-refractivity contribution in [2.75, 3.05) is 7.11 Å².